The van der Waals surface area contributed by atoms with Crippen LogP contribution in [0.25, 0.3) is 0 Å². The lowest BCUT2D eigenvalue weighted by atomic mass is 9.97. The second-order valence-corrected chi connectivity index (χ2v) is 7.69. The Kier molecular flexibility index (Phi) is 5.93. The van der Waals surface area contributed by atoms with Crippen molar-refractivity contribution in [2.24, 2.45) is 5.92 Å². The van der Waals surface area contributed by atoms with Crippen molar-refractivity contribution in [2.75, 3.05) is 23.3 Å². The minimum absolute atomic E-state index is 0.0359. The first kappa shape index (κ1) is 19.9. The summed E-state index contributed by atoms with van der Waals surface area (Å²) in [6.07, 6.45) is 5.05. The molecule has 3 aromatic rings. The SMILES string of the molecule is Cc1ccc(NC(=O)[C@@H]2CCCN(c3nccnc3Oc3ccccc3C)C2)cc1. The normalized spacial score (nSPS) is 16.2. The van der Waals surface area contributed by atoms with Gasteiger partial charge in [-0.25, -0.2) is 9.97 Å². The number of hydrogen-bond donors (Lipinski definition) is 1. The smallest absolute Gasteiger partial charge is 0.263 e. The van der Waals surface area contributed by atoms with E-state index in [1.54, 1.807) is 12.4 Å². The van der Waals surface area contributed by atoms with Gasteiger partial charge < -0.3 is 15.0 Å². The Morgan fingerprint density at radius 3 is 2.63 bits per heavy atom. The van der Waals surface area contributed by atoms with Crippen LogP contribution in [0.5, 0.6) is 11.6 Å². The molecule has 2 heterocycles. The molecule has 0 radical (unpaired) electrons. The molecule has 0 aliphatic carbocycles. The van der Waals surface area contributed by atoms with E-state index in [-0.39, 0.29) is 11.8 Å². The molecule has 1 aliphatic rings. The number of rotatable bonds is 5. The molecule has 0 spiro atoms. The van der Waals surface area contributed by atoms with E-state index in [1.807, 2.05) is 62.4 Å². The lowest BCUT2D eigenvalue weighted by molar-refractivity contribution is -0.120. The fourth-order valence-corrected chi connectivity index (χ4v) is 3.65. The van der Waals surface area contributed by atoms with Crippen LogP contribution in [0.2, 0.25) is 0 Å². The van der Waals surface area contributed by atoms with Gasteiger partial charge in [0, 0.05) is 31.2 Å². The van der Waals surface area contributed by atoms with Crippen molar-refractivity contribution in [3.05, 3.63) is 72.1 Å². The van der Waals surface area contributed by atoms with Gasteiger partial charge in [-0.1, -0.05) is 35.9 Å². The Morgan fingerprint density at radius 1 is 1.07 bits per heavy atom. The minimum atomic E-state index is -0.117. The van der Waals surface area contributed by atoms with Gasteiger partial charge in [-0.15, -0.1) is 0 Å². The maximum Gasteiger partial charge on any atom is 0.263 e. The van der Waals surface area contributed by atoms with Crippen molar-refractivity contribution in [1.29, 1.82) is 0 Å². The Balaban J connectivity index is 1.49. The van der Waals surface area contributed by atoms with Crippen molar-refractivity contribution in [2.45, 2.75) is 26.7 Å². The highest BCUT2D eigenvalue weighted by Crippen LogP contribution is 2.32. The van der Waals surface area contributed by atoms with Gasteiger partial charge in [0.1, 0.15) is 5.75 Å². The Hall–Kier alpha value is -3.41. The number of nitrogens with one attached hydrogen (secondary N) is 1. The summed E-state index contributed by atoms with van der Waals surface area (Å²) in [4.78, 5) is 23.9. The molecular formula is C24H26N4O2. The first-order valence-electron chi connectivity index (χ1n) is 10.3. The topological polar surface area (TPSA) is 67.4 Å². The molecule has 4 rings (SSSR count). The monoisotopic (exact) mass is 402 g/mol. The lowest BCUT2D eigenvalue weighted by Gasteiger charge is -2.33. The van der Waals surface area contributed by atoms with Crippen LogP contribution in [-0.4, -0.2) is 29.0 Å². The summed E-state index contributed by atoms with van der Waals surface area (Å²) in [6.45, 7) is 5.43. The van der Waals surface area contributed by atoms with E-state index in [4.69, 9.17) is 4.74 Å². The van der Waals surface area contributed by atoms with Crippen molar-refractivity contribution >= 4 is 17.4 Å². The number of nitrogens with zero attached hydrogens (tertiary/aromatic N) is 3. The highest BCUT2D eigenvalue weighted by Gasteiger charge is 2.28. The summed E-state index contributed by atoms with van der Waals surface area (Å²) >= 11 is 0. The van der Waals surface area contributed by atoms with Gasteiger partial charge >= 0.3 is 0 Å². The van der Waals surface area contributed by atoms with Gasteiger partial charge in [-0.2, -0.15) is 0 Å². The quantitative estimate of drug-likeness (QED) is 0.668. The van der Waals surface area contributed by atoms with Crippen LogP contribution in [0.15, 0.2) is 60.9 Å². The molecule has 6 heteroatoms. The lowest BCUT2D eigenvalue weighted by Crippen LogP contribution is -2.41. The van der Waals surface area contributed by atoms with Crippen LogP contribution in [0.4, 0.5) is 11.5 Å². The molecule has 1 saturated heterocycles. The van der Waals surface area contributed by atoms with E-state index < -0.39 is 0 Å². The zero-order valence-corrected chi connectivity index (χ0v) is 17.3. The fourth-order valence-electron chi connectivity index (χ4n) is 3.65. The first-order valence-corrected chi connectivity index (χ1v) is 10.3. The average molecular weight is 402 g/mol. The van der Waals surface area contributed by atoms with Gasteiger partial charge in [0.15, 0.2) is 5.82 Å². The summed E-state index contributed by atoms with van der Waals surface area (Å²) in [6, 6.07) is 15.7. The van der Waals surface area contributed by atoms with Gasteiger partial charge in [0.05, 0.1) is 5.92 Å². The van der Waals surface area contributed by atoms with E-state index >= 15 is 0 Å². The van der Waals surface area contributed by atoms with Crippen molar-refractivity contribution in [3.63, 3.8) is 0 Å². The Labute approximate surface area is 176 Å². The largest absolute Gasteiger partial charge is 0.436 e. The van der Waals surface area contributed by atoms with E-state index in [0.29, 0.717) is 18.2 Å². The third-order valence-electron chi connectivity index (χ3n) is 5.36. The van der Waals surface area contributed by atoms with E-state index in [2.05, 4.69) is 20.2 Å². The molecule has 6 nitrogen and oxygen atoms in total. The van der Waals surface area contributed by atoms with Crippen LogP contribution in [-0.2, 0) is 4.79 Å². The molecule has 1 aromatic heterocycles. The van der Waals surface area contributed by atoms with Crippen molar-refractivity contribution in [3.8, 4) is 11.6 Å². The number of aryl methyl sites for hydroxylation is 2. The van der Waals surface area contributed by atoms with Crippen molar-refractivity contribution < 1.29 is 9.53 Å². The molecule has 1 N–H and O–H groups in total. The summed E-state index contributed by atoms with van der Waals surface area (Å²) < 4.78 is 6.08. The third kappa shape index (κ3) is 4.59. The van der Waals surface area contributed by atoms with E-state index in [9.17, 15) is 4.79 Å². The van der Waals surface area contributed by atoms with Gasteiger partial charge in [0.2, 0.25) is 5.91 Å². The third-order valence-corrected chi connectivity index (χ3v) is 5.36. The minimum Gasteiger partial charge on any atom is -0.436 e. The standard InChI is InChI=1S/C24H26N4O2/c1-17-9-11-20(12-10-17)27-23(29)19-7-5-15-28(16-19)22-24(26-14-13-25-22)30-21-8-4-3-6-18(21)2/h3-4,6,8-14,19H,5,7,15-16H2,1-2H3,(H,27,29)/t19-/m1/s1. The summed E-state index contributed by atoms with van der Waals surface area (Å²) in [5.41, 5.74) is 3.02. The number of carbonyl (C=O) groups is 1. The number of benzene rings is 2. The average Bonchev–Trinajstić information content (AvgIpc) is 2.77. The highest BCUT2D eigenvalue weighted by molar-refractivity contribution is 5.93. The summed E-state index contributed by atoms with van der Waals surface area (Å²) in [5.74, 6) is 1.81. The Bertz CT molecular complexity index is 1020. The molecule has 154 valence electrons. The number of ether oxygens (including phenoxy) is 1. The molecule has 0 bridgehead atoms. The number of piperidine rings is 1. The number of amides is 1. The van der Waals surface area contributed by atoms with Crippen LogP contribution in [0.1, 0.15) is 24.0 Å². The number of anilines is 2. The highest BCUT2D eigenvalue weighted by atomic mass is 16.5. The molecule has 2 aromatic carbocycles. The second-order valence-electron chi connectivity index (χ2n) is 7.69. The molecule has 30 heavy (non-hydrogen) atoms. The first-order chi connectivity index (χ1) is 14.6. The zero-order valence-electron chi connectivity index (χ0n) is 17.3. The van der Waals surface area contributed by atoms with Gasteiger partial charge in [-0.3, -0.25) is 4.79 Å². The zero-order chi connectivity index (χ0) is 20.9. The molecule has 1 aliphatic heterocycles. The van der Waals surface area contributed by atoms with Gasteiger partial charge in [-0.05, 0) is 50.5 Å². The van der Waals surface area contributed by atoms with Crippen LogP contribution < -0.4 is 15.0 Å². The second kappa shape index (κ2) is 8.95. The number of aromatic nitrogens is 2. The van der Waals surface area contributed by atoms with Crippen molar-refractivity contribution in [1.82, 2.24) is 9.97 Å². The maximum atomic E-state index is 12.8. The number of carbonyl (C=O) groups excluding carboxylic acids is 1. The Morgan fingerprint density at radius 2 is 1.83 bits per heavy atom. The molecular weight excluding hydrogens is 376 g/mol. The summed E-state index contributed by atoms with van der Waals surface area (Å²) in [5, 5.41) is 3.04. The molecule has 0 saturated carbocycles. The van der Waals surface area contributed by atoms with Crippen LogP contribution in [0.3, 0.4) is 0 Å². The molecule has 1 amide bonds. The number of para-hydroxylation sites is 1. The van der Waals surface area contributed by atoms with Crippen LogP contribution >= 0.6 is 0 Å². The van der Waals surface area contributed by atoms with Crippen LogP contribution in [0, 0.1) is 19.8 Å². The summed E-state index contributed by atoms with van der Waals surface area (Å²) in [7, 11) is 0. The fraction of sp³-hybridized carbons (Fsp3) is 0.292. The predicted molar refractivity (Wildman–Crippen MR) is 118 cm³/mol. The van der Waals surface area contributed by atoms with Gasteiger partial charge in [0.25, 0.3) is 5.88 Å². The number of hydrogen-bond acceptors (Lipinski definition) is 5. The molecule has 0 unspecified atom stereocenters. The van der Waals surface area contributed by atoms with E-state index in [0.717, 1.165) is 36.4 Å². The van der Waals surface area contributed by atoms with E-state index in [1.165, 1.54) is 5.56 Å². The predicted octanol–water partition coefficient (Wildman–Crippen LogP) is 4.74. The maximum absolute atomic E-state index is 12.8. The molecule has 1 fully saturated rings. The molecule has 1 atom stereocenters.